The number of nitrogen functional groups attached to an aromatic ring is 1. The van der Waals surface area contributed by atoms with Crippen LogP contribution >= 0.6 is 11.8 Å². The highest BCUT2D eigenvalue weighted by atomic mass is 32.2. The normalized spacial score (nSPS) is 15.4. The summed E-state index contributed by atoms with van der Waals surface area (Å²) in [6.07, 6.45) is 0. The first-order valence-electron chi connectivity index (χ1n) is 5.19. The van der Waals surface area contributed by atoms with Gasteiger partial charge in [-0.3, -0.25) is 4.79 Å². The predicted molar refractivity (Wildman–Crippen MR) is 66.5 cm³/mol. The molecule has 0 spiro atoms. The summed E-state index contributed by atoms with van der Waals surface area (Å²) < 4.78 is 17.9. The summed E-state index contributed by atoms with van der Waals surface area (Å²) in [7, 11) is 0. The topological polar surface area (TPSA) is 64.3 Å². The van der Waals surface area contributed by atoms with Crippen LogP contribution in [0.2, 0.25) is 0 Å². The smallest absolute Gasteiger partial charge is 0.234 e. The van der Waals surface area contributed by atoms with Gasteiger partial charge in [0, 0.05) is 5.69 Å². The molecule has 0 bridgehead atoms. The second-order valence-electron chi connectivity index (χ2n) is 3.75. The molecular weight excluding hydrogens is 243 g/mol. The van der Waals surface area contributed by atoms with Crippen molar-refractivity contribution < 1.29 is 13.9 Å². The van der Waals surface area contributed by atoms with E-state index in [0.29, 0.717) is 29.9 Å². The molecule has 0 aliphatic carbocycles. The van der Waals surface area contributed by atoms with Crippen molar-refractivity contribution in [3.63, 3.8) is 0 Å². The average Bonchev–Trinajstić information content (AvgIpc) is 2.21. The molecule has 1 fully saturated rings. The third-order valence-electron chi connectivity index (χ3n) is 2.34. The Morgan fingerprint density at radius 3 is 2.94 bits per heavy atom. The molecule has 1 aliphatic rings. The molecule has 6 heteroatoms. The van der Waals surface area contributed by atoms with Crippen LogP contribution in [0.5, 0.6) is 0 Å². The molecule has 1 saturated heterocycles. The van der Waals surface area contributed by atoms with Crippen LogP contribution in [-0.2, 0) is 9.53 Å². The zero-order chi connectivity index (χ0) is 12.3. The molecule has 0 radical (unpaired) electrons. The lowest BCUT2D eigenvalue weighted by Gasteiger charge is -2.24. The molecule has 17 heavy (non-hydrogen) atoms. The van der Waals surface area contributed by atoms with Crippen molar-refractivity contribution in [2.24, 2.45) is 0 Å². The number of nitrogens with one attached hydrogen (secondary N) is 1. The van der Waals surface area contributed by atoms with Crippen molar-refractivity contribution in [3.05, 3.63) is 24.0 Å². The fourth-order valence-electron chi connectivity index (χ4n) is 1.32. The number of nitrogens with two attached hydrogens (primary N) is 1. The van der Waals surface area contributed by atoms with E-state index in [1.165, 1.54) is 18.2 Å². The van der Waals surface area contributed by atoms with Gasteiger partial charge in [0.25, 0.3) is 0 Å². The molecule has 1 amide bonds. The van der Waals surface area contributed by atoms with Crippen molar-refractivity contribution in [2.75, 3.05) is 30.0 Å². The number of hydrogen-bond acceptors (Lipinski definition) is 4. The minimum Gasteiger partial charge on any atom is -0.396 e. The molecule has 1 aliphatic heterocycles. The highest BCUT2D eigenvalue weighted by Gasteiger charge is 2.19. The average molecular weight is 256 g/mol. The molecule has 0 aromatic heterocycles. The maximum atomic E-state index is 12.9. The highest BCUT2D eigenvalue weighted by Crippen LogP contribution is 2.20. The van der Waals surface area contributed by atoms with Gasteiger partial charge in [-0.15, -0.1) is 11.8 Å². The fraction of sp³-hybridized carbons (Fsp3) is 0.364. The summed E-state index contributed by atoms with van der Waals surface area (Å²) >= 11 is 1.56. The minimum absolute atomic E-state index is 0.0304. The van der Waals surface area contributed by atoms with Crippen molar-refractivity contribution in [1.29, 1.82) is 0 Å². The number of rotatable bonds is 4. The number of amides is 1. The van der Waals surface area contributed by atoms with Gasteiger partial charge in [-0.2, -0.15) is 0 Å². The summed E-state index contributed by atoms with van der Waals surface area (Å²) in [6, 6.07) is 4.13. The number of thioether (sulfide) groups is 1. The van der Waals surface area contributed by atoms with Gasteiger partial charge in [0.2, 0.25) is 5.91 Å². The zero-order valence-electron chi connectivity index (χ0n) is 9.11. The van der Waals surface area contributed by atoms with E-state index in [-0.39, 0.29) is 11.6 Å². The number of halogens is 1. The Morgan fingerprint density at radius 1 is 1.59 bits per heavy atom. The van der Waals surface area contributed by atoms with Crippen LogP contribution in [-0.4, -0.2) is 30.1 Å². The molecule has 0 unspecified atom stereocenters. The first-order chi connectivity index (χ1) is 8.15. The Bertz CT molecular complexity index is 424. The van der Waals surface area contributed by atoms with Crippen LogP contribution in [0, 0.1) is 5.82 Å². The Morgan fingerprint density at radius 2 is 2.35 bits per heavy atom. The molecule has 1 aromatic rings. The van der Waals surface area contributed by atoms with E-state index in [4.69, 9.17) is 10.5 Å². The molecule has 1 heterocycles. The standard InChI is InChI=1S/C11H13FN2O2S/c12-9-2-1-7(3-10(9)13)14-11(15)6-17-8-4-16-5-8/h1-3,8H,4-6,13H2,(H,14,15). The van der Waals surface area contributed by atoms with E-state index in [1.54, 1.807) is 11.8 Å². The van der Waals surface area contributed by atoms with Gasteiger partial charge >= 0.3 is 0 Å². The van der Waals surface area contributed by atoms with E-state index >= 15 is 0 Å². The van der Waals surface area contributed by atoms with Gasteiger partial charge in [0.15, 0.2) is 0 Å². The van der Waals surface area contributed by atoms with Gasteiger partial charge in [0.1, 0.15) is 5.82 Å². The van der Waals surface area contributed by atoms with Crippen molar-refractivity contribution >= 4 is 29.0 Å². The second-order valence-corrected chi connectivity index (χ2v) is 5.04. The maximum absolute atomic E-state index is 12.9. The van der Waals surface area contributed by atoms with Crippen LogP contribution in [0.25, 0.3) is 0 Å². The van der Waals surface area contributed by atoms with Crippen LogP contribution < -0.4 is 11.1 Å². The Kier molecular flexibility index (Phi) is 3.86. The number of anilines is 2. The summed E-state index contributed by atoms with van der Waals surface area (Å²) in [5.74, 6) is -0.234. The second kappa shape index (κ2) is 5.37. The summed E-state index contributed by atoms with van der Waals surface area (Å²) in [5, 5.41) is 3.08. The summed E-state index contributed by atoms with van der Waals surface area (Å²) in [4.78, 5) is 11.5. The molecular formula is C11H13FN2O2S. The molecule has 0 atom stereocenters. The molecule has 92 valence electrons. The number of carbonyl (C=O) groups is 1. The van der Waals surface area contributed by atoms with Crippen LogP contribution in [0.15, 0.2) is 18.2 Å². The predicted octanol–water partition coefficient (Wildman–Crippen LogP) is 1.48. The van der Waals surface area contributed by atoms with Crippen molar-refractivity contribution in [2.45, 2.75) is 5.25 Å². The summed E-state index contributed by atoms with van der Waals surface area (Å²) in [5.41, 5.74) is 5.94. The number of benzene rings is 1. The van der Waals surface area contributed by atoms with Crippen LogP contribution in [0.3, 0.4) is 0 Å². The highest BCUT2D eigenvalue weighted by molar-refractivity contribution is 8.00. The first-order valence-corrected chi connectivity index (χ1v) is 6.24. The number of hydrogen-bond donors (Lipinski definition) is 2. The van der Waals surface area contributed by atoms with Gasteiger partial charge in [-0.1, -0.05) is 0 Å². The molecule has 1 aromatic carbocycles. The van der Waals surface area contributed by atoms with Crippen LogP contribution in [0.1, 0.15) is 0 Å². The van der Waals surface area contributed by atoms with Crippen LogP contribution in [0.4, 0.5) is 15.8 Å². The maximum Gasteiger partial charge on any atom is 0.234 e. The van der Waals surface area contributed by atoms with Crippen molar-refractivity contribution in [3.8, 4) is 0 Å². The monoisotopic (exact) mass is 256 g/mol. The lowest BCUT2D eigenvalue weighted by atomic mass is 10.2. The van der Waals surface area contributed by atoms with Gasteiger partial charge in [-0.25, -0.2) is 4.39 Å². The Hall–Kier alpha value is -1.27. The quantitative estimate of drug-likeness (QED) is 0.801. The number of carbonyl (C=O) groups excluding carboxylic acids is 1. The van der Waals surface area contributed by atoms with E-state index in [2.05, 4.69) is 5.32 Å². The molecule has 2 rings (SSSR count). The summed E-state index contributed by atoms with van der Waals surface area (Å²) in [6.45, 7) is 1.42. The molecule has 4 nitrogen and oxygen atoms in total. The Labute approximate surface area is 103 Å². The zero-order valence-corrected chi connectivity index (χ0v) is 9.93. The van der Waals surface area contributed by atoms with E-state index in [9.17, 15) is 9.18 Å². The first kappa shape index (κ1) is 12.2. The largest absolute Gasteiger partial charge is 0.396 e. The van der Waals surface area contributed by atoms with Gasteiger partial charge in [0.05, 0.1) is 29.9 Å². The fourth-order valence-corrected chi connectivity index (χ4v) is 2.17. The lowest BCUT2D eigenvalue weighted by molar-refractivity contribution is -0.113. The third-order valence-corrected chi connectivity index (χ3v) is 3.51. The van der Waals surface area contributed by atoms with E-state index < -0.39 is 5.82 Å². The molecule has 3 N–H and O–H groups in total. The van der Waals surface area contributed by atoms with Gasteiger partial charge in [-0.05, 0) is 18.2 Å². The van der Waals surface area contributed by atoms with Gasteiger partial charge < -0.3 is 15.8 Å². The Balaban J connectivity index is 1.82. The SMILES string of the molecule is Nc1cc(NC(=O)CSC2COC2)ccc1F. The minimum atomic E-state index is -0.482. The lowest BCUT2D eigenvalue weighted by Crippen LogP contribution is -2.31. The van der Waals surface area contributed by atoms with Crippen molar-refractivity contribution in [1.82, 2.24) is 0 Å². The number of ether oxygens (including phenoxy) is 1. The molecule has 0 saturated carbocycles. The third kappa shape index (κ3) is 3.34. The van der Waals surface area contributed by atoms with E-state index in [1.807, 2.05) is 0 Å². The van der Waals surface area contributed by atoms with E-state index in [0.717, 1.165) is 0 Å².